The molecule has 0 radical (unpaired) electrons. The van der Waals surface area contributed by atoms with Crippen molar-refractivity contribution < 1.29 is 29.1 Å². The molecule has 2 unspecified atom stereocenters. The predicted octanol–water partition coefficient (Wildman–Crippen LogP) is 2.41. The normalized spacial score (nSPS) is 27.5. The number of hydrazine groups is 1. The summed E-state index contributed by atoms with van der Waals surface area (Å²) in [6, 6.07) is 10.8. The Morgan fingerprint density at radius 2 is 1.90 bits per heavy atom. The number of carbonyl (C=O) groups excluding carboxylic acids is 4. The van der Waals surface area contributed by atoms with E-state index in [1.54, 1.807) is 44.2 Å². The molecule has 6 amide bonds. The minimum Gasteiger partial charge on any atom is -0.480 e. The lowest BCUT2D eigenvalue weighted by atomic mass is 9.96. The highest BCUT2D eigenvalue weighted by molar-refractivity contribution is 8.01. The van der Waals surface area contributed by atoms with Gasteiger partial charge in [0.2, 0.25) is 11.8 Å². The lowest BCUT2D eigenvalue weighted by molar-refractivity contribution is -0.161. The minimum atomic E-state index is -1.07. The fourth-order valence-corrected chi connectivity index (χ4v) is 7.67. The number of fused-ring (bicyclic) bond motifs is 2. The molecular weight excluding hydrogens is 572 g/mol. The molecule has 14 heteroatoms. The third-order valence-electron chi connectivity index (χ3n) is 7.79. The number of rotatable bonds is 6. The number of imide groups is 1. The van der Waals surface area contributed by atoms with Gasteiger partial charge in [0.1, 0.15) is 17.5 Å². The average molecular weight is 599 g/mol. The van der Waals surface area contributed by atoms with E-state index in [1.165, 1.54) is 21.7 Å². The molecule has 4 N–H and O–H groups in total. The maximum absolute atomic E-state index is 13.0. The number of hydrogen-bond donors (Lipinski definition) is 4. The quantitative estimate of drug-likeness (QED) is 0.370. The number of nitrogens with zero attached hydrogens (tertiary/aromatic N) is 3. The number of carboxylic acids is 1. The lowest BCUT2D eigenvalue weighted by Crippen LogP contribution is -2.70. The van der Waals surface area contributed by atoms with Gasteiger partial charge in [-0.3, -0.25) is 14.6 Å². The second kappa shape index (κ2) is 9.93. The van der Waals surface area contributed by atoms with Gasteiger partial charge in [-0.15, -0.1) is 11.8 Å². The average Bonchev–Trinajstić information content (AvgIpc) is 3.29. The molecule has 2 aromatic rings. The molecule has 0 saturated carbocycles. The fourth-order valence-electron chi connectivity index (χ4n) is 5.85. The first-order chi connectivity index (χ1) is 19.4. The Labute approximate surface area is 244 Å². The maximum Gasteiger partial charge on any atom is 0.342 e. The number of benzene rings is 2. The van der Waals surface area contributed by atoms with Crippen LogP contribution in [0.3, 0.4) is 0 Å². The fraction of sp³-hybridized carbons (Fsp3) is 0.370. The number of hydrogen-bond acceptors (Lipinski definition) is 7. The van der Waals surface area contributed by atoms with Gasteiger partial charge in [-0.2, -0.15) is 0 Å². The van der Waals surface area contributed by atoms with Crippen LogP contribution in [-0.2, 0) is 20.8 Å². The van der Waals surface area contributed by atoms with Crippen molar-refractivity contribution in [3.63, 3.8) is 0 Å². The van der Waals surface area contributed by atoms with Crippen LogP contribution in [0.2, 0.25) is 5.02 Å². The number of aliphatic carboxylic acids is 1. The summed E-state index contributed by atoms with van der Waals surface area (Å²) in [7, 11) is 0. The Morgan fingerprint density at radius 1 is 1.15 bits per heavy atom. The largest absolute Gasteiger partial charge is 0.480 e. The van der Waals surface area contributed by atoms with E-state index >= 15 is 0 Å². The van der Waals surface area contributed by atoms with Crippen LogP contribution < -0.4 is 16.1 Å². The van der Waals surface area contributed by atoms with Gasteiger partial charge < -0.3 is 20.6 Å². The molecule has 0 bridgehead atoms. The van der Waals surface area contributed by atoms with Gasteiger partial charge in [-0.25, -0.2) is 24.7 Å². The number of carboxylic acid groups (broad SMARTS) is 1. The van der Waals surface area contributed by atoms with E-state index in [4.69, 9.17) is 11.6 Å². The van der Waals surface area contributed by atoms with E-state index in [0.717, 1.165) is 10.5 Å². The van der Waals surface area contributed by atoms with E-state index in [-0.39, 0.29) is 25.0 Å². The summed E-state index contributed by atoms with van der Waals surface area (Å²) in [5, 5.41) is 16.6. The Balaban J connectivity index is 1.05. The molecule has 4 heterocycles. The number of β-lactam (4-membered cyclic amide) rings is 1. The second-order valence-corrected chi connectivity index (χ2v) is 13.2. The first-order valence-electron chi connectivity index (χ1n) is 13.0. The number of thioether (sulfide) groups is 1. The van der Waals surface area contributed by atoms with Crippen molar-refractivity contribution in [2.24, 2.45) is 0 Å². The predicted molar refractivity (Wildman–Crippen MR) is 150 cm³/mol. The molecule has 4 aliphatic rings. The summed E-state index contributed by atoms with van der Waals surface area (Å²) in [6.45, 7) is 3.74. The summed E-state index contributed by atoms with van der Waals surface area (Å²) in [5.74, 6) is -1.89. The molecule has 0 aromatic heterocycles. The highest BCUT2D eigenvalue weighted by Crippen LogP contribution is 2.50. The Morgan fingerprint density at radius 3 is 2.63 bits per heavy atom. The molecular formula is C27H27ClN6O6S. The summed E-state index contributed by atoms with van der Waals surface area (Å²) in [6.07, 6.45) is -0.0552. The van der Waals surface area contributed by atoms with Crippen LogP contribution in [-0.4, -0.2) is 84.6 Å². The van der Waals surface area contributed by atoms with Crippen molar-refractivity contribution in [2.75, 3.05) is 11.9 Å². The van der Waals surface area contributed by atoms with E-state index in [1.807, 2.05) is 18.2 Å². The molecule has 12 nitrogen and oxygen atoms in total. The number of nitrogens with one attached hydrogen (secondary N) is 3. The van der Waals surface area contributed by atoms with Crippen molar-refractivity contribution >= 4 is 58.9 Å². The maximum atomic E-state index is 13.0. The number of carbonyl (C=O) groups is 5. The molecule has 0 spiro atoms. The number of halogens is 1. The molecule has 214 valence electrons. The van der Waals surface area contributed by atoms with Gasteiger partial charge in [0.15, 0.2) is 0 Å². The van der Waals surface area contributed by atoms with E-state index in [0.29, 0.717) is 16.3 Å². The second-order valence-electron chi connectivity index (χ2n) is 10.9. The third-order valence-corrected chi connectivity index (χ3v) is 9.60. The van der Waals surface area contributed by atoms with Crippen molar-refractivity contribution in [3.05, 3.63) is 64.7 Å². The summed E-state index contributed by atoms with van der Waals surface area (Å²) in [5.41, 5.74) is 4.99. The monoisotopic (exact) mass is 598 g/mol. The van der Waals surface area contributed by atoms with Gasteiger partial charge in [-0.05, 0) is 49.2 Å². The first kappa shape index (κ1) is 27.4. The zero-order valence-corrected chi connectivity index (χ0v) is 23.6. The van der Waals surface area contributed by atoms with Crippen molar-refractivity contribution in [1.82, 2.24) is 25.6 Å². The van der Waals surface area contributed by atoms with E-state index in [2.05, 4.69) is 16.1 Å². The highest BCUT2D eigenvalue weighted by Gasteiger charge is 2.64. The molecule has 4 aliphatic heterocycles. The summed E-state index contributed by atoms with van der Waals surface area (Å²) >= 11 is 7.45. The van der Waals surface area contributed by atoms with Crippen LogP contribution >= 0.6 is 23.4 Å². The van der Waals surface area contributed by atoms with Crippen molar-refractivity contribution in [3.8, 4) is 0 Å². The van der Waals surface area contributed by atoms with Crippen molar-refractivity contribution in [2.45, 2.75) is 54.6 Å². The van der Waals surface area contributed by atoms with Gasteiger partial charge >= 0.3 is 18.0 Å². The van der Waals surface area contributed by atoms with Crippen LogP contribution in [0, 0.1) is 0 Å². The zero-order chi connectivity index (χ0) is 29.2. The van der Waals surface area contributed by atoms with Crippen LogP contribution in [0.1, 0.15) is 31.0 Å². The smallest absolute Gasteiger partial charge is 0.342 e. The van der Waals surface area contributed by atoms with E-state index in [9.17, 15) is 29.1 Å². The van der Waals surface area contributed by atoms with Gasteiger partial charge in [0.25, 0.3) is 0 Å². The molecule has 41 heavy (non-hydrogen) atoms. The van der Waals surface area contributed by atoms with Crippen LogP contribution in [0.4, 0.5) is 15.3 Å². The first-order valence-corrected chi connectivity index (χ1v) is 14.2. The summed E-state index contributed by atoms with van der Waals surface area (Å²) in [4.78, 5) is 65.4. The molecule has 0 aliphatic carbocycles. The Kier molecular flexibility index (Phi) is 6.63. The van der Waals surface area contributed by atoms with E-state index < -0.39 is 52.1 Å². The number of urea groups is 2. The van der Waals surface area contributed by atoms with Gasteiger partial charge in [0.05, 0.1) is 25.0 Å². The number of amides is 6. The van der Waals surface area contributed by atoms with Crippen molar-refractivity contribution in [1.29, 1.82) is 0 Å². The lowest BCUT2D eigenvalue weighted by Gasteiger charge is -2.43. The number of anilines is 1. The molecule has 2 aromatic carbocycles. The summed E-state index contributed by atoms with van der Waals surface area (Å²) < 4.78 is -0.683. The Hall–Kier alpha value is -3.81. The highest BCUT2D eigenvalue weighted by atomic mass is 35.5. The Bertz CT molecular complexity index is 1490. The van der Waals surface area contributed by atoms with Gasteiger partial charge in [0, 0.05) is 15.5 Å². The SMILES string of the molecule is CC1(C)S[C@@H]2[C@H](NC(=O)Cc3cccc(NC(=O)N4CC5C(c6cccc(Cl)c6)NN5C4=O)c3)C(=O)N2[C@H]1C(=O)O. The van der Waals surface area contributed by atoms with Crippen LogP contribution in [0.15, 0.2) is 48.5 Å². The van der Waals surface area contributed by atoms with Gasteiger partial charge in [-0.1, -0.05) is 35.9 Å². The molecule has 4 saturated heterocycles. The third kappa shape index (κ3) is 4.67. The minimum absolute atomic E-state index is 0.0552. The molecule has 4 fully saturated rings. The molecule has 5 atom stereocenters. The standard InChI is InChI=1S/C27H27ClN6O6S/c1-27(2)21(24(37)38)33-22(36)20(23(33)41-27)30-18(35)10-13-5-3-8-16(9-13)29-25(39)32-12-17-19(31-34(17)26(32)40)14-6-4-7-15(28)11-14/h3-9,11,17,19-21,23,31H,10,12H2,1-2H3,(H,29,39)(H,30,35)(H,37,38)/t17?,19?,20-,21+,23-/m1/s1. The van der Waals surface area contributed by atoms with Crippen LogP contribution in [0.25, 0.3) is 0 Å². The van der Waals surface area contributed by atoms with Crippen LogP contribution in [0.5, 0.6) is 0 Å². The topological polar surface area (TPSA) is 151 Å². The molecule has 6 rings (SSSR count). The zero-order valence-electron chi connectivity index (χ0n) is 22.0.